The van der Waals surface area contributed by atoms with Crippen molar-refractivity contribution in [3.05, 3.63) is 71.4 Å². The van der Waals surface area contributed by atoms with E-state index in [-0.39, 0.29) is 0 Å². The van der Waals surface area contributed by atoms with Crippen LogP contribution in [0.4, 0.5) is 0 Å². The minimum Gasteiger partial charge on any atom is -0.361 e. The van der Waals surface area contributed by atoms with Gasteiger partial charge in [0.2, 0.25) is 0 Å². The molecule has 0 radical (unpaired) electrons. The Morgan fingerprint density at radius 2 is 1.92 bits per heavy atom. The molecular weight excluding hydrogens is 294 g/mol. The number of benzene rings is 2. The second kappa shape index (κ2) is 5.76. The van der Waals surface area contributed by atoms with Gasteiger partial charge in [0.25, 0.3) is 0 Å². The molecule has 2 unspecified atom stereocenters. The molecule has 3 heteroatoms. The zero-order valence-electron chi connectivity index (χ0n) is 13.8. The normalized spacial score (nSPS) is 23.8. The Balaban J connectivity index is 1.48. The Hall–Kier alpha value is -2.10. The van der Waals surface area contributed by atoms with E-state index in [9.17, 15) is 0 Å². The summed E-state index contributed by atoms with van der Waals surface area (Å²) >= 11 is 0. The van der Waals surface area contributed by atoms with Crippen LogP contribution in [0.25, 0.3) is 10.9 Å². The standard InChI is InChI=1S/C21H23N3/c1-2-5-15(6-3-1)12-24-13-18-17-11-23-19-8-4-7-16(21(17)19)9-10-22-20(18)14-24/h1-8,11,18,20,22-23H,9-10,12-14H2. The molecule has 1 fully saturated rings. The van der Waals surface area contributed by atoms with Crippen molar-refractivity contribution in [1.29, 1.82) is 0 Å². The van der Waals surface area contributed by atoms with Gasteiger partial charge in [-0.1, -0.05) is 42.5 Å². The van der Waals surface area contributed by atoms with E-state index < -0.39 is 0 Å². The fraction of sp³-hybridized carbons (Fsp3) is 0.333. The fourth-order valence-electron chi connectivity index (χ4n) is 4.56. The van der Waals surface area contributed by atoms with Crippen LogP contribution >= 0.6 is 0 Å². The van der Waals surface area contributed by atoms with Gasteiger partial charge in [-0.25, -0.2) is 0 Å². The van der Waals surface area contributed by atoms with Crippen LogP contribution in [0.1, 0.15) is 22.6 Å². The molecule has 0 saturated carbocycles. The number of aromatic nitrogens is 1. The molecule has 3 aromatic rings. The van der Waals surface area contributed by atoms with Crippen molar-refractivity contribution in [3.63, 3.8) is 0 Å². The molecular formula is C21H23N3. The molecule has 0 aliphatic carbocycles. The van der Waals surface area contributed by atoms with Crippen molar-refractivity contribution in [1.82, 2.24) is 15.2 Å². The first-order valence-corrected chi connectivity index (χ1v) is 8.97. The lowest BCUT2D eigenvalue weighted by molar-refractivity contribution is 0.319. The van der Waals surface area contributed by atoms with Crippen molar-refractivity contribution in [2.24, 2.45) is 0 Å². The molecule has 122 valence electrons. The van der Waals surface area contributed by atoms with E-state index in [1.807, 2.05) is 0 Å². The molecule has 2 aliphatic rings. The molecule has 3 nitrogen and oxygen atoms in total. The van der Waals surface area contributed by atoms with Crippen LogP contribution in [0.15, 0.2) is 54.7 Å². The first kappa shape index (κ1) is 14.3. The smallest absolute Gasteiger partial charge is 0.0459 e. The summed E-state index contributed by atoms with van der Waals surface area (Å²) in [4.78, 5) is 6.11. The maximum atomic E-state index is 3.82. The average Bonchev–Trinajstić information content (AvgIpc) is 3.18. The number of aromatic amines is 1. The van der Waals surface area contributed by atoms with Crippen molar-refractivity contribution in [2.45, 2.75) is 24.9 Å². The summed E-state index contributed by atoms with van der Waals surface area (Å²) in [5.74, 6) is 0.573. The van der Waals surface area contributed by atoms with Crippen LogP contribution in [-0.4, -0.2) is 35.6 Å². The van der Waals surface area contributed by atoms with E-state index in [2.05, 4.69) is 69.9 Å². The van der Waals surface area contributed by atoms with Gasteiger partial charge in [0.15, 0.2) is 0 Å². The zero-order valence-corrected chi connectivity index (χ0v) is 13.8. The summed E-state index contributed by atoms with van der Waals surface area (Å²) in [7, 11) is 0. The van der Waals surface area contributed by atoms with Gasteiger partial charge < -0.3 is 10.3 Å². The first-order chi connectivity index (χ1) is 11.9. The minimum atomic E-state index is 0.557. The number of nitrogens with one attached hydrogen (secondary N) is 2. The number of fused-ring (bicyclic) bond motifs is 2. The van der Waals surface area contributed by atoms with E-state index in [0.29, 0.717) is 12.0 Å². The molecule has 5 rings (SSSR count). The third kappa shape index (κ3) is 2.36. The van der Waals surface area contributed by atoms with Crippen LogP contribution < -0.4 is 5.32 Å². The van der Waals surface area contributed by atoms with Gasteiger partial charge in [-0.15, -0.1) is 0 Å². The van der Waals surface area contributed by atoms with Gasteiger partial charge in [0.1, 0.15) is 0 Å². The lowest BCUT2D eigenvalue weighted by Crippen LogP contribution is -2.37. The fourth-order valence-corrected chi connectivity index (χ4v) is 4.56. The van der Waals surface area contributed by atoms with Gasteiger partial charge in [-0.3, -0.25) is 4.90 Å². The van der Waals surface area contributed by atoms with Crippen LogP contribution in [-0.2, 0) is 13.0 Å². The third-order valence-corrected chi connectivity index (χ3v) is 5.67. The van der Waals surface area contributed by atoms with Crippen molar-refractivity contribution < 1.29 is 0 Å². The van der Waals surface area contributed by atoms with Crippen molar-refractivity contribution in [2.75, 3.05) is 19.6 Å². The number of nitrogens with zero attached hydrogens (tertiary/aromatic N) is 1. The summed E-state index contributed by atoms with van der Waals surface area (Å²) in [6.45, 7) is 4.39. The summed E-state index contributed by atoms with van der Waals surface area (Å²) < 4.78 is 0. The molecule has 3 heterocycles. The van der Waals surface area contributed by atoms with E-state index >= 15 is 0 Å². The predicted molar refractivity (Wildman–Crippen MR) is 98.3 cm³/mol. The second-order valence-electron chi connectivity index (χ2n) is 7.18. The molecule has 2 atom stereocenters. The van der Waals surface area contributed by atoms with E-state index in [1.54, 1.807) is 0 Å². The van der Waals surface area contributed by atoms with Gasteiger partial charge in [0, 0.05) is 48.7 Å². The van der Waals surface area contributed by atoms with E-state index in [0.717, 1.165) is 32.6 Å². The molecule has 1 aromatic heterocycles. The zero-order chi connectivity index (χ0) is 15.9. The Labute approximate surface area is 142 Å². The number of hydrogen-bond acceptors (Lipinski definition) is 2. The molecule has 24 heavy (non-hydrogen) atoms. The third-order valence-electron chi connectivity index (χ3n) is 5.67. The van der Waals surface area contributed by atoms with Crippen molar-refractivity contribution in [3.8, 4) is 0 Å². The van der Waals surface area contributed by atoms with Gasteiger partial charge >= 0.3 is 0 Å². The lowest BCUT2D eigenvalue weighted by Gasteiger charge is -2.23. The van der Waals surface area contributed by atoms with Crippen molar-refractivity contribution >= 4 is 10.9 Å². The summed E-state index contributed by atoms with van der Waals surface area (Å²) in [6.07, 6.45) is 3.37. The van der Waals surface area contributed by atoms with Gasteiger partial charge in [-0.05, 0) is 35.7 Å². The highest BCUT2D eigenvalue weighted by atomic mass is 15.2. The van der Waals surface area contributed by atoms with E-state index in [4.69, 9.17) is 0 Å². The maximum Gasteiger partial charge on any atom is 0.0459 e. The summed E-state index contributed by atoms with van der Waals surface area (Å²) in [5.41, 5.74) is 5.70. The number of rotatable bonds is 2. The highest BCUT2D eigenvalue weighted by Crippen LogP contribution is 2.36. The number of H-pyrrole nitrogens is 1. The topological polar surface area (TPSA) is 31.1 Å². The molecule has 1 saturated heterocycles. The highest BCUT2D eigenvalue weighted by molar-refractivity contribution is 5.87. The largest absolute Gasteiger partial charge is 0.361 e. The molecule has 0 amide bonds. The van der Waals surface area contributed by atoms with Gasteiger partial charge in [0.05, 0.1) is 0 Å². The van der Waals surface area contributed by atoms with Crippen LogP contribution in [0, 0.1) is 0 Å². The Morgan fingerprint density at radius 3 is 2.83 bits per heavy atom. The Bertz CT molecular complexity index is 852. The minimum absolute atomic E-state index is 0.557. The highest BCUT2D eigenvalue weighted by Gasteiger charge is 2.36. The van der Waals surface area contributed by atoms with Crippen LogP contribution in [0.2, 0.25) is 0 Å². The van der Waals surface area contributed by atoms with Gasteiger partial charge in [-0.2, -0.15) is 0 Å². The quantitative estimate of drug-likeness (QED) is 0.760. The lowest BCUT2D eigenvalue weighted by atomic mass is 9.89. The Morgan fingerprint density at radius 1 is 1.00 bits per heavy atom. The monoisotopic (exact) mass is 317 g/mol. The second-order valence-corrected chi connectivity index (χ2v) is 7.18. The number of likely N-dealkylation sites (tertiary alicyclic amines) is 1. The maximum absolute atomic E-state index is 3.82. The average molecular weight is 317 g/mol. The van der Waals surface area contributed by atoms with E-state index in [1.165, 1.54) is 27.6 Å². The Kier molecular flexibility index (Phi) is 3.42. The molecule has 0 bridgehead atoms. The molecule has 2 N–H and O–H groups in total. The number of hydrogen-bond donors (Lipinski definition) is 2. The molecule has 2 aromatic carbocycles. The predicted octanol–water partition coefficient (Wildman–Crippen LogP) is 3.28. The first-order valence-electron chi connectivity index (χ1n) is 8.97. The molecule has 0 spiro atoms. The SMILES string of the molecule is c1ccc(CN2CC3NCCc4cccc5[nH]cc(c45)C3C2)cc1. The molecule has 2 aliphatic heterocycles. The van der Waals surface area contributed by atoms with Crippen LogP contribution in [0.5, 0.6) is 0 Å². The summed E-state index contributed by atoms with van der Waals surface area (Å²) in [6, 6.07) is 18.1. The van der Waals surface area contributed by atoms with Crippen LogP contribution in [0.3, 0.4) is 0 Å². The summed E-state index contributed by atoms with van der Waals surface area (Å²) in [5, 5.41) is 5.30.